The highest BCUT2D eigenvalue weighted by molar-refractivity contribution is 6.35. The third kappa shape index (κ3) is 6.12. The van der Waals surface area contributed by atoms with E-state index < -0.39 is 6.04 Å². The lowest BCUT2D eigenvalue weighted by Crippen LogP contribution is -2.44. The van der Waals surface area contributed by atoms with E-state index in [1.54, 1.807) is 23.1 Å². The molecule has 3 aromatic carbocycles. The summed E-state index contributed by atoms with van der Waals surface area (Å²) in [6.07, 6.45) is 0. The predicted molar refractivity (Wildman–Crippen MR) is 129 cm³/mol. The highest BCUT2D eigenvalue weighted by Gasteiger charge is 2.32. The maximum absolute atomic E-state index is 13.5. The van der Waals surface area contributed by atoms with Crippen LogP contribution in [0.4, 0.5) is 0 Å². The molecule has 32 heavy (non-hydrogen) atoms. The number of benzene rings is 3. The highest BCUT2D eigenvalue weighted by Crippen LogP contribution is 2.26. The van der Waals surface area contributed by atoms with Gasteiger partial charge in [-0.25, -0.2) is 0 Å². The van der Waals surface area contributed by atoms with Crippen LogP contribution in [0.25, 0.3) is 0 Å². The van der Waals surface area contributed by atoms with E-state index in [4.69, 9.17) is 23.2 Å². The number of hydrogen-bond donors (Lipinski definition) is 1. The normalized spacial score (nSPS) is 11.8. The smallest absolute Gasteiger partial charge is 0.247 e. The molecule has 166 valence electrons. The van der Waals surface area contributed by atoms with Gasteiger partial charge in [-0.15, -0.1) is 0 Å². The van der Waals surface area contributed by atoms with Crippen LogP contribution in [0.2, 0.25) is 10.0 Å². The van der Waals surface area contributed by atoms with Gasteiger partial charge in [-0.1, -0.05) is 104 Å². The molecule has 3 rings (SSSR count). The van der Waals surface area contributed by atoms with E-state index in [1.165, 1.54) is 0 Å². The SMILES string of the molecule is CC(C)C(=O)N(Cc1ccccc1)[C@H](C(=O)NCc1ccc(Cl)cc1Cl)c1ccccc1. The zero-order chi connectivity index (χ0) is 23.1. The largest absolute Gasteiger partial charge is 0.350 e. The van der Waals surface area contributed by atoms with Crippen molar-refractivity contribution in [1.29, 1.82) is 0 Å². The predicted octanol–water partition coefficient (Wildman–Crippen LogP) is 6.04. The standard InChI is InChI=1S/C26H26Cl2N2O2/c1-18(2)26(32)30(17-19-9-5-3-6-10-19)24(20-11-7-4-8-12-20)25(31)29-16-21-13-14-22(27)15-23(21)28/h3-15,18,24H,16-17H2,1-2H3,(H,29,31)/t24-/m0/s1. The molecule has 0 aliphatic rings. The van der Waals surface area contributed by atoms with Crippen LogP contribution in [0, 0.1) is 5.92 Å². The Morgan fingerprint density at radius 3 is 2.12 bits per heavy atom. The molecule has 0 aliphatic heterocycles. The molecule has 1 N–H and O–H groups in total. The number of nitrogens with one attached hydrogen (secondary N) is 1. The van der Waals surface area contributed by atoms with Gasteiger partial charge in [0.2, 0.25) is 11.8 Å². The van der Waals surface area contributed by atoms with Crippen LogP contribution in [0.3, 0.4) is 0 Å². The molecule has 0 unspecified atom stereocenters. The van der Waals surface area contributed by atoms with E-state index in [-0.39, 0.29) is 24.3 Å². The monoisotopic (exact) mass is 468 g/mol. The third-order valence-electron chi connectivity index (χ3n) is 5.12. The third-order valence-corrected chi connectivity index (χ3v) is 5.70. The Hall–Kier alpha value is -2.82. The molecular formula is C26H26Cl2N2O2. The van der Waals surface area contributed by atoms with Crippen LogP contribution < -0.4 is 5.32 Å². The van der Waals surface area contributed by atoms with E-state index in [9.17, 15) is 9.59 Å². The van der Waals surface area contributed by atoms with E-state index in [0.29, 0.717) is 16.6 Å². The van der Waals surface area contributed by atoms with Crippen LogP contribution in [0.15, 0.2) is 78.9 Å². The summed E-state index contributed by atoms with van der Waals surface area (Å²) in [7, 11) is 0. The van der Waals surface area contributed by atoms with Crippen LogP contribution in [-0.2, 0) is 22.7 Å². The Balaban J connectivity index is 1.93. The Kier molecular flexibility index (Phi) is 8.32. The van der Waals surface area contributed by atoms with Crippen molar-refractivity contribution in [3.8, 4) is 0 Å². The van der Waals surface area contributed by atoms with Gasteiger partial charge in [0.05, 0.1) is 0 Å². The zero-order valence-electron chi connectivity index (χ0n) is 18.1. The van der Waals surface area contributed by atoms with Gasteiger partial charge < -0.3 is 10.2 Å². The maximum atomic E-state index is 13.5. The molecule has 2 amide bonds. The summed E-state index contributed by atoms with van der Waals surface area (Å²) >= 11 is 12.2. The van der Waals surface area contributed by atoms with Gasteiger partial charge in [-0.05, 0) is 28.8 Å². The topological polar surface area (TPSA) is 49.4 Å². The first-order chi connectivity index (χ1) is 15.4. The lowest BCUT2D eigenvalue weighted by atomic mass is 10.0. The summed E-state index contributed by atoms with van der Waals surface area (Å²) in [4.78, 5) is 28.4. The highest BCUT2D eigenvalue weighted by atomic mass is 35.5. The fraction of sp³-hybridized carbons (Fsp3) is 0.231. The number of carbonyl (C=O) groups excluding carboxylic acids is 2. The molecule has 0 saturated carbocycles. The molecule has 6 heteroatoms. The molecule has 0 spiro atoms. The van der Waals surface area contributed by atoms with Crippen molar-refractivity contribution < 1.29 is 9.59 Å². The van der Waals surface area contributed by atoms with Crippen LogP contribution >= 0.6 is 23.2 Å². The summed E-state index contributed by atoms with van der Waals surface area (Å²) < 4.78 is 0. The van der Waals surface area contributed by atoms with Crippen molar-refractivity contribution in [2.45, 2.75) is 33.0 Å². The number of hydrogen-bond acceptors (Lipinski definition) is 2. The van der Waals surface area contributed by atoms with Gasteiger partial charge in [-0.3, -0.25) is 9.59 Å². The van der Waals surface area contributed by atoms with Gasteiger partial charge in [0.25, 0.3) is 0 Å². The number of halogens is 2. The van der Waals surface area contributed by atoms with Crippen molar-refractivity contribution in [1.82, 2.24) is 10.2 Å². The maximum Gasteiger partial charge on any atom is 0.247 e. The minimum atomic E-state index is -0.780. The molecule has 0 aromatic heterocycles. The second-order valence-electron chi connectivity index (χ2n) is 7.87. The zero-order valence-corrected chi connectivity index (χ0v) is 19.6. The molecular weight excluding hydrogens is 443 g/mol. The number of rotatable bonds is 8. The minimum Gasteiger partial charge on any atom is -0.350 e. The fourth-order valence-corrected chi connectivity index (χ4v) is 3.94. The van der Waals surface area contributed by atoms with E-state index in [1.807, 2.05) is 74.5 Å². The van der Waals surface area contributed by atoms with Crippen LogP contribution in [-0.4, -0.2) is 16.7 Å². The van der Waals surface area contributed by atoms with Gasteiger partial charge in [-0.2, -0.15) is 0 Å². The summed E-state index contributed by atoms with van der Waals surface area (Å²) in [6, 6.07) is 23.4. The van der Waals surface area contributed by atoms with Crippen molar-refractivity contribution in [2.75, 3.05) is 0 Å². The molecule has 0 fully saturated rings. The first-order valence-corrected chi connectivity index (χ1v) is 11.2. The molecule has 0 saturated heterocycles. The second kappa shape index (κ2) is 11.2. The lowest BCUT2D eigenvalue weighted by Gasteiger charge is -2.33. The summed E-state index contributed by atoms with van der Waals surface area (Å²) in [5, 5.41) is 3.97. The lowest BCUT2D eigenvalue weighted by molar-refractivity contribution is -0.144. The average Bonchev–Trinajstić information content (AvgIpc) is 2.79. The minimum absolute atomic E-state index is 0.0950. The van der Waals surface area contributed by atoms with Crippen molar-refractivity contribution in [2.24, 2.45) is 5.92 Å². The van der Waals surface area contributed by atoms with Crippen molar-refractivity contribution in [3.63, 3.8) is 0 Å². The summed E-state index contributed by atoms with van der Waals surface area (Å²) in [5.74, 6) is -0.627. The molecule has 1 atom stereocenters. The molecule has 0 bridgehead atoms. The van der Waals surface area contributed by atoms with Crippen LogP contribution in [0.5, 0.6) is 0 Å². The molecule has 0 aliphatic carbocycles. The summed E-state index contributed by atoms with van der Waals surface area (Å²) in [6.45, 7) is 4.24. The Morgan fingerprint density at radius 1 is 0.906 bits per heavy atom. The molecule has 4 nitrogen and oxygen atoms in total. The number of carbonyl (C=O) groups is 2. The van der Waals surface area contributed by atoms with Crippen LogP contribution in [0.1, 0.15) is 36.6 Å². The number of amides is 2. The second-order valence-corrected chi connectivity index (χ2v) is 8.72. The van der Waals surface area contributed by atoms with Gasteiger partial charge in [0.1, 0.15) is 6.04 Å². The van der Waals surface area contributed by atoms with E-state index in [0.717, 1.165) is 16.7 Å². The Bertz CT molecular complexity index is 1060. The fourth-order valence-electron chi connectivity index (χ4n) is 3.46. The van der Waals surface area contributed by atoms with Gasteiger partial charge >= 0.3 is 0 Å². The summed E-state index contributed by atoms with van der Waals surface area (Å²) in [5.41, 5.74) is 2.45. The van der Waals surface area contributed by atoms with Gasteiger partial charge in [0.15, 0.2) is 0 Å². The average molecular weight is 469 g/mol. The molecule has 0 radical (unpaired) electrons. The Labute approximate surface area is 199 Å². The first kappa shape index (κ1) is 23.8. The quantitative estimate of drug-likeness (QED) is 0.438. The molecule has 0 heterocycles. The number of nitrogens with zero attached hydrogens (tertiary/aromatic N) is 1. The van der Waals surface area contributed by atoms with Crippen molar-refractivity contribution >= 4 is 35.0 Å². The first-order valence-electron chi connectivity index (χ1n) is 10.5. The van der Waals surface area contributed by atoms with Crippen molar-refractivity contribution in [3.05, 3.63) is 106 Å². The van der Waals surface area contributed by atoms with E-state index in [2.05, 4.69) is 5.32 Å². The van der Waals surface area contributed by atoms with E-state index >= 15 is 0 Å². The van der Waals surface area contributed by atoms with Gasteiger partial charge in [0, 0.05) is 29.1 Å². The molecule has 3 aromatic rings. The Morgan fingerprint density at radius 2 is 1.53 bits per heavy atom.